The molecule has 1 amide bonds. The smallest absolute Gasteiger partial charge is 0.280 e. The highest BCUT2D eigenvalue weighted by Crippen LogP contribution is 2.20. The molecule has 0 aliphatic rings. The van der Waals surface area contributed by atoms with Crippen LogP contribution in [0.1, 0.15) is 12.5 Å². The summed E-state index contributed by atoms with van der Waals surface area (Å²) >= 11 is 0. The van der Waals surface area contributed by atoms with E-state index in [4.69, 9.17) is 9.47 Å². The highest BCUT2D eigenvalue weighted by Gasteiger charge is 2.15. The first-order valence-electron chi connectivity index (χ1n) is 7.38. The van der Waals surface area contributed by atoms with Crippen molar-refractivity contribution in [1.29, 1.82) is 0 Å². The Morgan fingerprint density at radius 2 is 1.96 bits per heavy atom. The summed E-state index contributed by atoms with van der Waals surface area (Å²) in [6, 6.07) is 12.9. The number of para-hydroxylation sites is 1. The van der Waals surface area contributed by atoms with Gasteiger partial charge in [-0.05, 0) is 25.1 Å². The number of hydrogen-bond acceptors (Lipinski definition) is 6. The fraction of sp³-hybridized carbons (Fsp3) is 0.176. The molecule has 0 saturated heterocycles. The minimum atomic E-state index is -0.810. The molecule has 1 N–H and O–H groups in total. The third-order valence-electron chi connectivity index (χ3n) is 3.24. The van der Waals surface area contributed by atoms with Crippen LogP contribution in [0.15, 0.2) is 53.6 Å². The van der Waals surface area contributed by atoms with E-state index in [1.165, 1.54) is 25.5 Å². The van der Waals surface area contributed by atoms with Crippen molar-refractivity contribution in [2.24, 2.45) is 5.10 Å². The molecule has 0 saturated carbocycles. The molecule has 2 rings (SSSR count). The van der Waals surface area contributed by atoms with Crippen LogP contribution in [0.25, 0.3) is 0 Å². The van der Waals surface area contributed by atoms with Crippen LogP contribution >= 0.6 is 0 Å². The lowest BCUT2D eigenvalue weighted by Crippen LogP contribution is -2.33. The first-order chi connectivity index (χ1) is 12.0. The molecule has 0 aromatic heterocycles. The largest absolute Gasteiger partial charge is 0.497 e. The number of nitro benzene ring substituents is 1. The van der Waals surface area contributed by atoms with Gasteiger partial charge < -0.3 is 9.47 Å². The summed E-state index contributed by atoms with van der Waals surface area (Å²) in [5, 5.41) is 14.7. The van der Waals surface area contributed by atoms with E-state index in [-0.39, 0.29) is 11.3 Å². The van der Waals surface area contributed by atoms with E-state index in [1.807, 2.05) is 0 Å². The summed E-state index contributed by atoms with van der Waals surface area (Å²) in [5.41, 5.74) is 2.49. The summed E-state index contributed by atoms with van der Waals surface area (Å²) in [4.78, 5) is 22.4. The molecule has 0 spiro atoms. The summed E-state index contributed by atoms with van der Waals surface area (Å²) in [6.45, 7) is 1.56. The number of carbonyl (C=O) groups excluding carboxylic acids is 1. The molecule has 8 heteroatoms. The molecule has 0 radical (unpaired) electrons. The molecular formula is C17H17N3O5. The average molecular weight is 343 g/mol. The Morgan fingerprint density at radius 3 is 2.68 bits per heavy atom. The third kappa shape index (κ3) is 5.03. The van der Waals surface area contributed by atoms with Crippen molar-refractivity contribution in [2.75, 3.05) is 7.11 Å². The van der Waals surface area contributed by atoms with Crippen LogP contribution in [0.5, 0.6) is 11.5 Å². The fourth-order valence-electron chi connectivity index (χ4n) is 1.95. The van der Waals surface area contributed by atoms with Crippen LogP contribution in [0.2, 0.25) is 0 Å². The molecule has 2 aromatic rings. The number of benzene rings is 2. The van der Waals surface area contributed by atoms with Crippen molar-refractivity contribution in [3.05, 3.63) is 64.2 Å². The lowest BCUT2D eigenvalue weighted by atomic mass is 10.2. The summed E-state index contributed by atoms with van der Waals surface area (Å²) < 4.78 is 10.6. The van der Waals surface area contributed by atoms with E-state index in [9.17, 15) is 14.9 Å². The highest BCUT2D eigenvalue weighted by atomic mass is 16.6. The van der Waals surface area contributed by atoms with E-state index in [1.54, 1.807) is 43.3 Å². The molecule has 0 bridgehead atoms. The standard InChI is InChI=1S/C17H17N3O5/c1-12(25-15-8-5-7-14(10-15)24-2)17(21)19-18-11-13-6-3-4-9-16(13)20(22)23/h3-12H,1-2H3,(H,19,21)/b18-11+. The van der Waals surface area contributed by atoms with Gasteiger partial charge in [-0.1, -0.05) is 18.2 Å². The molecule has 1 atom stereocenters. The van der Waals surface area contributed by atoms with E-state index in [0.717, 1.165) is 0 Å². The summed E-state index contributed by atoms with van der Waals surface area (Å²) in [7, 11) is 1.53. The van der Waals surface area contributed by atoms with Gasteiger partial charge in [0.2, 0.25) is 0 Å². The molecule has 25 heavy (non-hydrogen) atoms. The number of ether oxygens (including phenoxy) is 2. The topological polar surface area (TPSA) is 103 Å². The molecule has 130 valence electrons. The van der Waals surface area contributed by atoms with Crippen LogP contribution < -0.4 is 14.9 Å². The zero-order chi connectivity index (χ0) is 18.2. The molecule has 0 aliphatic heterocycles. The zero-order valence-electron chi connectivity index (χ0n) is 13.7. The Bertz CT molecular complexity index is 791. The monoisotopic (exact) mass is 343 g/mol. The summed E-state index contributed by atoms with van der Waals surface area (Å²) in [5.74, 6) is 0.599. The normalized spacial score (nSPS) is 11.8. The van der Waals surface area contributed by atoms with Gasteiger partial charge >= 0.3 is 0 Å². The van der Waals surface area contributed by atoms with Gasteiger partial charge in [-0.15, -0.1) is 0 Å². The van der Waals surface area contributed by atoms with Gasteiger partial charge in [-0.3, -0.25) is 14.9 Å². The quantitative estimate of drug-likeness (QED) is 0.473. The maximum absolute atomic E-state index is 12.0. The Balaban J connectivity index is 1.96. The minimum absolute atomic E-state index is 0.0961. The lowest BCUT2D eigenvalue weighted by molar-refractivity contribution is -0.385. The van der Waals surface area contributed by atoms with Crippen molar-refractivity contribution < 1.29 is 19.2 Å². The SMILES string of the molecule is COc1cccc(OC(C)C(=O)N/N=C/c2ccccc2[N+](=O)[O-])c1. The predicted octanol–water partition coefficient (Wildman–Crippen LogP) is 2.52. The van der Waals surface area contributed by atoms with E-state index in [2.05, 4.69) is 10.5 Å². The molecule has 8 nitrogen and oxygen atoms in total. The summed E-state index contributed by atoms with van der Waals surface area (Å²) in [6.07, 6.45) is 0.406. The predicted molar refractivity (Wildman–Crippen MR) is 91.9 cm³/mol. The first kappa shape index (κ1) is 17.9. The van der Waals surface area contributed by atoms with Crippen molar-refractivity contribution >= 4 is 17.8 Å². The van der Waals surface area contributed by atoms with Crippen molar-refractivity contribution in [2.45, 2.75) is 13.0 Å². The number of nitrogens with one attached hydrogen (secondary N) is 1. The van der Waals surface area contributed by atoms with Gasteiger partial charge in [0.25, 0.3) is 11.6 Å². The maximum Gasteiger partial charge on any atom is 0.280 e. The van der Waals surface area contributed by atoms with Gasteiger partial charge in [-0.25, -0.2) is 5.43 Å². The number of hydrazone groups is 1. The lowest BCUT2D eigenvalue weighted by Gasteiger charge is -2.13. The van der Waals surface area contributed by atoms with Gasteiger partial charge in [0.1, 0.15) is 11.5 Å². The number of amides is 1. The molecule has 0 heterocycles. The number of carbonyl (C=O) groups is 1. The number of methoxy groups -OCH3 is 1. The molecular weight excluding hydrogens is 326 g/mol. The molecule has 0 fully saturated rings. The van der Waals surface area contributed by atoms with Crippen LogP contribution in [0.4, 0.5) is 5.69 Å². The first-order valence-corrected chi connectivity index (χ1v) is 7.38. The van der Waals surface area contributed by atoms with Gasteiger partial charge in [0, 0.05) is 12.1 Å². The number of nitro groups is 1. The molecule has 0 aliphatic carbocycles. The molecule has 1 unspecified atom stereocenters. The zero-order valence-corrected chi connectivity index (χ0v) is 13.7. The highest BCUT2D eigenvalue weighted by molar-refractivity contribution is 5.87. The third-order valence-corrected chi connectivity index (χ3v) is 3.24. The van der Waals surface area contributed by atoms with Gasteiger partial charge in [0.05, 0.1) is 23.8 Å². The van der Waals surface area contributed by atoms with Crippen LogP contribution in [-0.4, -0.2) is 30.3 Å². The Labute approximate surface area is 144 Å². The maximum atomic E-state index is 12.0. The Kier molecular flexibility index (Phi) is 6.05. The number of hydrogen-bond donors (Lipinski definition) is 1. The van der Waals surface area contributed by atoms with E-state index in [0.29, 0.717) is 11.5 Å². The second-order valence-electron chi connectivity index (χ2n) is 4.99. The van der Waals surface area contributed by atoms with Gasteiger partial charge in [-0.2, -0.15) is 5.10 Å². The number of rotatable bonds is 7. The Morgan fingerprint density at radius 1 is 1.24 bits per heavy atom. The van der Waals surface area contributed by atoms with Crippen molar-refractivity contribution in [1.82, 2.24) is 5.43 Å². The van der Waals surface area contributed by atoms with Crippen molar-refractivity contribution in [3.63, 3.8) is 0 Å². The molecule has 2 aromatic carbocycles. The average Bonchev–Trinajstić information content (AvgIpc) is 2.62. The second kappa shape index (κ2) is 8.44. The van der Waals surface area contributed by atoms with Crippen molar-refractivity contribution in [3.8, 4) is 11.5 Å². The second-order valence-corrected chi connectivity index (χ2v) is 4.99. The Hall–Kier alpha value is -3.42. The van der Waals surface area contributed by atoms with Crippen LogP contribution in [0, 0.1) is 10.1 Å². The van der Waals surface area contributed by atoms with E-state index < -0.39 is 16.9 Å². The fourth-order valence-corrected chi connectivity index (χ4v) is 1.95. The number of nitrogens with zero attached hydrogens (tertiary/aromatic N) is 2. The van der Waals surface area contributed by atoms with Gasteiger partial charge in [0.15, 0.2) is 6.10 Å². The van der Waals surface area contributed by atoms with E-state index >= 15 is 0 Å². The minimum Gasteiger partial charge on any atom is -0.497 e. The van der Waals surface area contributed by atoms with Crippen LogP contribution in [-0.2, 0) is 4.79 Å². The van der Waals surface area contributed by atoms with Crippen LogP contribution in [0.3, 0.4) is 0 Å².